The van der Waals surface area contributed by atoms with Crippen LogP contribution in [0, 0.1) is 6.92 Å². The zero-order valence-corrected chi connectivity index (χ0v) is 22.0. The molecule has 4 rings (SSSR count). The van der Waals surface area contributed by atoms with E-state index in [0.717, 1.165) is 76.0 Å². The monoisotopic (exact) mass is 561 g/mol. The van der Waals surface area contributed by atoms with Crippen LogP contribution in [0.25, 0.3) is 11.0 Å². The van der Waals surface area contributed by atoms with Gasteiger partial charge in [-0.05, 0) is 50.8 Å². The standard InChI is InChI=1S/C26H35N5O.HI/c1-3-27-25(28-16-9-17-31-21(2)30-23-12-7-8-13-24(23)31)29-20-26(14-18-32-19-15-26)22-10-5-4-6-11-22;/h4-8,10-13H,3,9,14-20H2,1-2H3,(H2,27,28,29);1H. The van der Waals surface area contributed by atoms with Crippen molar-refractivity contribution in [3.05, 3.63) is 66.0 Å². The van der Waals surface area contributed by atoms with Gasteiger partial charge in [0.05, 0.1) is 17.6 Å². The van der Waals surface area contributed by atoms with Crippen molar-refractivity contribution in [1.82, 2.24) is 20.2 Å². The Morgan fingerprint density at radius 2 is 1.79 bits per heavy atom. The van der Waals surface area contributed by atoms with Gasteiger partial charge in [0.1, 0.15) is 5.82 Å². The van der Waals surface area contributed by atoms with E-state index in [0.29, 0.717) is 0 Å². The Hall–Kier alpha value is -2.13. The van der Waals surface area contributed by atoms with Crippen LogP contribution in [-0.2, 0) is 16.7 Å². The highest BCUT2D eigenvalue weighted by molar-refractivity contribution is 14.0. The quantitative estimate of drug-likeness (QED) is 0.182. The third-order valence-electron chi connectivity index (χ3n) is 6.42. The molecule has 33 heavy (non-hydrogen) atoms. The average molecular weight is 562 g/mol. The molecule has 0 unspecified atom stereocenters. The van der Waals surface area contributed by atoms with Crippen molar-refractivity contribution >= 4 is 41.0 Å². The molecule has 178 valence electrons. The van der Waals surface area contributed by atoms with Gasteiger partial charge >= 0.3 is 0 Å². The molecule has 2 N–H and O–H groups in total. The second-order valence-electron chi connectivity index (χ2n) is 8.53. The van der Waals surface area contributed by atoms with Gasteiger partial charge in [-0.2, -0.15) is 0 Å². The molecule has 0 atom stereocenters. The zero-order valence-electron chi connectivity index (χ0n) is 19.7. The molecule has 1 saturated heterocycles. The van der Waals surface area contributed by atoms with Gasteiger partial charge in [-0.15, -0.1) is 24.0 Å². The Labute approximate surface area is 214 Å². The largest absolute Gasteiger partial charge is 0.381 e. The summed E-state index contributed by atoms with van der Waals surface area (Å²) < 4.78 is 7.97. The highest BCUT2D eigenvalue weighted by atomic mass is 127. The maximum Gasteiger partial charge on any atom is 0.191 e. The van der Waals surface area contributed by atoms with Crippen LogP contribution in [0.2, 0.25) is 0 Å². The fourth-order valence-electron chi connectivity index (χ4n) is 4.59. The molecule has 1 aromatic heterocycles. The number of para-hydroxylation sites is 2. The number of aromatic nitrogens is 2. The lowest BCUT2D eigenvalue weighted by Crippen LogP contribution is -2.41. The number of nitrogens with zero attached hydrogens (tertiary/aromatic N) is 3. The topological polar surface area (TPSA) is 63.5 Å². The SMILES string of the molecule is CCNC(=NCC1(c2ccccc2)CCOCC1)NCCCn1c(C)nc2ccccc21.I. The first-order chi connectivity index (χ1) is 15.7. The second kappa shape index (κ2) is 12.4. The maximum atomic E-state index is 5.67. The summed E-state index contributed by atoms with van der Waals surface area (Å²) in [5, 5.41) is 6.95. The van der Waals surface area contributed by atoms with Crippen LogP contribution in [-0.4, -0.2) is 48.4 Å². The van der Waals surface area contributed by atoms with Crippen molar-refractivity contribution in [3.8, 4) is 0 Å². The second-order valence-corrected chi connectivity index (χ2v) is 8.53. The number of halogens is 1. The Morgan fingerprint density at radius 1 is 1.06 bits per heavy atom. The van der Waals surface area contributed by atoms with Crippen molar-refractivity contribution in [1.29, 1.82) is 0 Å². The van der Waals surface area contributed by atoms with Gasteiger partial charge in [0.25, 0.3) is 0 Å². The van der Waals surface area contributed by atoms with Crippen LogP contribution in [0.1, 0.15) is 37.6 Å². The maximum absolute atomic E-state index is 5.67. The highest BCUT2D eigenvalue weighted by Gasteiger charge is 2.34. The van der Waals surface area contributed by atoms with E-state index < -0.39 is 0 Å². The molecule has 1 fully saturated rings. The minimum absolute atomic E-state index is 0. The number of ether oxygens (including phenoxy) is 1. The minimum Gasteiger partial charge on any atom is -0.381 e. The first-order valence-corrected chi connectivity index (χ1v) is 11.8. The van der Waals surface area contributed by atoms with Crippen LogP contribution in [0.15, 0.2) is 59.6 Å². The van der Waals surface area contributed by atoms with E-state index in [2.05, 4.69) is 82.6 Å². The van der Waals surface area contributed by atoms with E-state index in [-0.39, 0.29) is 29.4 Å². The summed E-state index contributed by atoms with van der Waals surface area (Å²) >= 11 is 0. The number of hydrogen-bond donors (Lipinski definition) is 2. The predicted molar refractivity (Wildman–Crippen MR) is 147 cm³/mol. The Bertz CT molecular complexity index is 1030. The first-order valence-electron chi connectivity index (χ1n) is 11.8. The molecule has 2 heterocycles. The molecule has 0 radical (unpaired) electrons. The summed E-state index contributed by atoms with van der Waals surface area (Å²) in [5.41, 5.74) is 3.69. The number of aryl methyl sites for hydroxylation is 2. The fourth-order valence-corrected chi connectivity index (χ4v) is 4.59. The van der Waals surface area contributed by atoms with Gasteiger partial charge in [-0.25, -0.2) is 4.98 Å². The van der Waals surface area contributed by atoms with Crippen LogP contribution >= 0.6 is 24.0 Å². The smallest absolute Gasteiger partial charge is 0.191 e. The fraction of sp³-hybridized carbons (Fsp3) is 0.462. The third-order valence-corrected chi connectivity index (χ3v) is 6.42. The molecule has 6 nitrogen and oxygen atoms in total. The van der Waals surface area contributed by atoms with E-state index >= 15 is 0 Å². The van der Waals surface area contributed by atoms with Gasteiger partial charge in [0.2, 0.25) is 0 Å². The van der Waals surface area contributed by atoms with E-state index in [9.17, 15) is 0 Å². The lowest BCUT2D eigenvalue weighted by Gasteiger charge is -2.36. The van der Waals surface area contributed by atoms with Gasteiger partial charge in [-0.3, -0.25) is 4.99 Å². The number of imidazole rings is 1. The molecule has 1 aliphatic heterocycles. The van der Waals surface area contributed by atoms with Crippen molar-refractivity contribution < 1.29 is 4.74 Å². The van der Waals surface area contributed by atoms with Gasteiger partial charge in [-0.1, -0.05) is 42.5 Å². The number of hydrogen-bond acceptors (Lipinski definition) is 3. The Morgan fingerprint density at radius 3 is 2.55 bits per heavy atom. The van der Waals surface area contributed by atoms with Crippen LogP contribution in [0.5, 0.6) is 0 Å². The minimum atomic E-state index is 0. The normalized spacial score (nSPS) is 15.8. The molecule has 0 aliphatic carbocycles. The number of rotatable bonds is 8. The molecule has 0 bridgehead atoms. The lowest BCUT2D eigenvalue weighted by molar-refractivity contribution is 0.0531. The van der Waals surface area contributed by atoms with E-state index in [1.807, 2.05) is 6.07 Å². The van der Waals surface area contributed by atoms with Crippen LogP contribution in [0.3, 0.4) is 0 Å². The number of guanidine groups is 1. The predicted octanol–water partition coefficient (Wildman–Crippen LogP) is 4.66. The summed E-state index contributed by atoms with van der Waals surface area (Å²) in [7, 11) is 0. The molecular weight excluding hydrogens is 525 g/mol. The Balaban J connectivity index is 0.00000306. The molecule has 1 aliphatic rings. The summed E-state index contributed by atoms with van der Waals surface area (Å²) in [5.74, 6) is 1.96. The van der Waals surface area contributed by atoms with Crippen LogP contribution in [0.4, 0.5) is 0 Å². The van der Waals surface area contributed by atoms with Gasteiger partial charge in [0, 0.05) is 38.3 Å². The van der Waals surface area contributed by atoms with Crippen LogP contribution < -0.4 is 10.6 Å². The van der Waals surface area contributed by atoms with Crippen molar-refractivity contribution in [2.75, 3.05) is 32.8 Å². The first kappa shape index (κ1) is 25.5. The van der Waals surface area contributed by atoms with E-state index in [1.165, 1.54) is 11.1 Å². The summed E-state index contributed by atoms with van der Waals surface area (Å²) in [6.45, 7) is 9.19. The zero-order chi connectivity index (χ0) is 22.2. The number of aliphatic imine (C=N–C) groups is 1. The highest BCUT2D eigenvalue weighted by Crippen LogP contribution is 2.35. The molecule has 0 spiro atoms. The van der Waals surface area contributed by atoms with E-state index in [1.54, 1.807) is 0 Å². The molecule has 2 aromatic carbocycles. The summed E-state index contributed by atoms with van der Waals surface area (Å²) in [4.78, 5) is 9.68. The molecule has 0 saturated carbocycles. The van der Waals surface area contributed by atoms with Gasteiger partial charge < -0.3 is 19.9 Å². The van der Waals surface area contributed by atoms with Crippen molar-refractivity contribution in [3.63, 3.8) is 0 Å². The van der Waals surface area contributed by atoms with E-state index in [4.69, 9.17) is 9.73 Å². The molecule has 0 amide bonds. The number of benzene rings is 2. The van der Waals surface area contributed by atoms with Crippen molar-refractivity contribution in [2.45, 2.75) is 45.1 Å². The van der Waals surface area contributed by atoms with Gasteiger partial charge in [0.15, 0.2) is 5.96 Å². The average Bonchev–Trinajstić information content (AvgIpc) is 3.16. The summed E-state index contributed by atoms with van der Waals surface area (Å²) in [6, 6.07) is 19.1. The molecular formula is C26H36IN5O. The number of fused-ring (bicyclic) bond motifs is 1. The molecule has 3 aromatic rings. The Kier molecular flexibility index (Phi) is 9.55. The lowest BCUT2D eigenvalue weighted by atomic mass is 9.74. The number of nitrogens with one attached hydrogen (secondary N) is 2. The van der Waals surface area contributed by atoms with Crippen molar-refractivity contribution in [2.24, 2.45) is 4.99 Å². The summed E-state index contributed by atoms with van der Waals surface area (Å²) in [6.07, 6.45) is 3.02. The molecule has 7 heteroatoms. The third kappa shape index (κ3) is 6.26.